The summed E-state index contributed by atoms with van der Waals surface area (Å²) in [5.74, 6) is -0.652. The third-order valence-corrected chi connectivity index (χ3v) is 5.81. The van der Waals surface area contributed by atoms with Crippen LogP contribution in [-0.2, 0) is 15.7 Å². The molecule has 0 spiro atoms. The largest absolute Gasteiger partial charge is 0.479 e. The first-order valence-corrected chi connectivity index (χ1v) is 12.2. The molecule has 0 aliphatic rings. The Balaban J connectivity index is 1.74. The van der Waals surface area contributed by atoms with E-state index in [0.29, 0.717) is 11.1 Å². The summed E-state index contributed by atoms with van der Waals surface area (Å²) >= 11 is 12.6. The van der Waals surface area contributed by atoms with Gasteiger partial charge in [-0.25, -0.2) is 9.78 Å². The molecular weight excluding hydrogens is 558 g/mol. The number of benzene rings is 3. The molecule has 0 N–H and O–H groups in total. The molecule has 0 bridgehead atoms. The van der Waals surface area contributed by atoms with E-state index in [9.17, 15) is 22.8 Å². The summed E-state index contributed by atoms with van der Waals surface area (Å²) in [5, 5.41) is 4.55. The van der Waals surface area contributed by atoms with Gasteiger partial charge in [-0.15, -0.1) is 0 Å². The van der Waals surface area contributed by atoms with Gasteiger partial charge >= 0.3 is 12.1 Å². The van der Waals surface area contributed by atoms with Gasteiger partial charge in [-0.1, -0.05) is 47.5 Å². The van der Waals surface area contributed by atoms with Crippen molar-refractivity contribution in [2.75, 3.05) is 6.61 Å². The second-order valence-electron chi connectivity index (χ2n) is 8.53. The van der Waals surface area contributed by atoms with Gasteiger partial charge in [0.15, 0.2) is 18.2 Å². The smallest absolute Gasteiger partial charge is 0.416 e. The minimum Gasteiger partial charge on any atom is -0.479 e. The van der Waals surface area contributed by atoms with Crippen LogP contribution in [0.5, 0.6) is 5.75 Å². The molecule has 0 fully saturated rings. The third kappa shape index (κ3) is 6.58. The molecule has 3 aromatic carbocycles. The number of alkyl halides is 3. The minimum atomic E-state index is -4.59. The molecule has 1 heterocycles. The van der Waals surface area contributed by atoms with Crippen molar-refractivity contribution < 1.29 is 27.4 Å². The molecule has 0 unspecified atom stereocenters. The van der Waals surface area contributed by atoms with Gasteiger partial charge in [0.1, 0.15) is 0 Å². The van der Waals surface area contributed by atoms with Gasteiger partial charge in [-0.05, 0) is 55.8 Å². The summed E-state index contributed by atoms with van der Waals surface area (Å²) in [4.78, 5) is 29.5. The number of halogens is 5. The molecule has 0 radical (unpaired) electrons. The summed E-state index contributed by atoms with van der Waals surface area (Å²) in [6.45, 7) is 2.98. The number of nitrogens with zero attached hydrogens (tertiary/aromatic N) is 3. The van der Waals surface area contributed by atoms with Crippen LogP contribution in [0.1, 0.15) is 25.0 Å². The normalized spacial score (nSPS) is 11.9. The fourth-order valence-corrected chi connectivity index (χ4v) is 4.21. The van der Waals surface area contributed by atoms with Gasteiger partial charge in [0.25, 0.3) is 5.56 Å². The maximum Gasteiger partial charge on any atom is 0.416 e. The maximum absolute atomic E-state index is 13.4. The molecule has 7 nitrogen and oxygen atoms in total. The molecule has 0 saturated carbocycles. The Kier molecular flexibility index (Phi) is 8.27. The van der Waals surface area contributed by atoms with Crippen LogP contribution in [0.15, 0.2) is 70.6 Å². The molecule has 1 aromatic heterocycles. The van der Waals surface area contributed by atoms with E-state index in [1.807, 2.05) is 0 Å². The second-order valence-corrected chi connectivity index (χ2v) is 9.35. The van der Waals surface area contributed by atoms with Gasteiger partial charge in [0.2, 0.25) is 0 Å². The van der Waals surface area contributed by atoms with Crippen molar-refractivity contribution in [1.29, 1.82) is 0 Å². The van der Waals surface area contributed by atoms with Crippen molar-refractivity contribution in [1.82, 2.24) is 9.66 Å². The fourth-order valence-electron chi connectivity index (χ4n) is 3.60. The number of hydrogen-bond donors (Lipinski definition) is 0. The molecule has 202 valence electrons. The number of carbonyl (C=O) groups is 1. The van der Waals surface area contributed by atoms with E-state index in [0.717, 1.165) is 16.8 Å². The summed E-state index contributed by atoms with van der Waals surface area (Å²) in [7, 11) is 0. The zero-order valence-corrected chi connectivity index (χ0v) is 22.0. The van der Waals surface area contributed by atoms with Crippen molar-refractivity contribution in [3.8, 4) is 17.1 Å². The zero-order chi connectivity index (χ0) is 28.3. The van der Waals surface area contributed by atoms with Gasteiger partial charge in [0, 0.05) is 5.56 Å². The van der Waals surface area contributed by atoms with Crippen LogP contribution in [0, 0.1) is 0 Å². The summed E-state index contributed by atoms with van der Waals surface area (Å²) in [6.07, 6.45) is -3.66. The molecule has 12 heteroatoms. The van der Waals surface area contributed by atoms with Crippen molar-refractivity contribution in [3.05, 3.63) is 92.2 Å². The highest BCUT2D eigenvalue weighted by atomic mass is 35.5. The Morgan fingerprint density at radius 3 is 2.44 bits per heavy atom. The molecule has 4 aromatic rings. The maximum atomic E-state index is 13.4. The van der Waals surface area contributed by atoms with E-state index in [1.54, 1.807) is 32.0 Å². The van der Waals surface area contributed by atoms with Crippen LogP contribution in [-0.4, -0.2) is 34.6 Å². The van der Waals surface area contributed by atoms with Crippen molar-refractivity contribution >= 4 is 46.3 Å². The van der Waals surface area contributed by atoms with E-state index < -0.39 is 29.9 Å². The van der Waals surface area contributed by atoms with Crippen LogP contribution in [0.4, 0.5) is 13.2 Å². The van der Waals surface area contributed by atoms with E-state index in [4.69, 9.17) is 32.7 Å². The van der Waals surface area contributed by atoms with Gasteiger partial charge in [0.05, 0.1) is 38.8 Å². The Morgan fingerprint density at radius 2 is 1.77 bits per heavy atom. The predicted molar refractivity (Wildman–Crippen MR) is 143 cm³/mol. The highest BCUT2D eigenvalue weighted by Crippen LogP contribution is 2.34. The quantitative estimate of drug-likeness (QED) is 0.182. The molecule has 39 heavy (non-hydrogen) atoms. The number of carbonyl (C=O) groups excluding carboxylic acids is 1. The summed E-state index contributed by atoms with van der Waals surface area (Å²) in [5.41, 5.74) is -0.811. The Bertz CT molecular complexity index is 1610. The van der Waals surface area contributed by atoms with Crippen LogP contribution < -0.4 is 10.3 Å². The predicted octanol–water partition coefficient (Wildman–Crippen LogP) is 6.60. The lowest BCUT2D eigenvalue weighted by Crippen LogP contribution is -2.20. The first-order chi connectivity index (χ1) is 18.4. The average Bonchev–Trinajstić information content (AvgIpc) is 2.86. The van der Waals surface area contributed by atoms with Crippen molar-refractivity contribution in [3.63, 3.8) is 0 Å². The number of fused-ring (bicyclic) bond motifs is 1. The molecule has 0 amide bonds. The number of ether oxygens (including phenoxy) is 2. The van der Waals surface area contributed by atoms with Crippen LogP contribution in [0.3, 0.4) is 0 Å². The third-order valence-electron chi connectivity index (χ3n) is 5.25. The average molecular weight is 578 g/mol. The number of rotatable bonds is 7. The van der Waals surface area contributed by atoms with Crippen molar-refractivity contribution in [2.24, 2.45) is 5.10 Å². The standard InChI is InChI=1S/C27H20Cl2F3N3O4/c1-15(2)39-23(36)14-38-24-20(28)10-16(11-21(24)29)13-33-35-25(17-6-5-7-18(12-17)27(30,31)32)34-22-9-4-3-8-19(22)26(35)37/h3-13,15H,14H2,1-2H3. The lowest BCUT2D eigenvalue weighted by atomic mass is 10.1. The van der Waals surface area contributed by atoms with E-state index in [-0.39, 0.29) is 38.7 Å². The number of para-hydroxylation sites is 1. The lowest BCUT2D eigenvalue weighted by Gasteiger charge is -2.13. The lowest BCUT2D eigenvalue weighted by molar-refractivity contribution is -0.149. The molecule has 0 atom stereocenters. The monoisotopic (exact) mass is 577 g/mol. The fraction of sp³-hybridized carbons (Fsp3) is 0.185. The van der Waals surface area contributed by atoms with E-state index in [1.165, 1.54) is 36.5 Å². The van der Waals surface area contributed by atoms with Gasteiger partial charge in [-0.3, -0.25) is 4.79 Å². The topological polar surface area (TPSA) is 82.8 Å². The molecule has 0 aliphatic heterocycles. The summed E-state index contributed by atoms with van der Waals surface area (Å²) in [6, 6.07) is 13.7. The number of esters is 1. The Morgan fingerprint density at radius 1 is 1.08 bits per heavy atom. The summed E-state index contributed by atoms with van der Waals surface area (Å²) < 4.78 is 51.4. The van der Waals surface area contributed by atoms with Crippen LogP contribution in [0.2, 0.25) is 10.0 Å². The molecule has 0 saturated heterocycles. The second kappa shape index (κ2) is 11.5. The Hall–Kier alpha value is -3.89. The first kappa shape index (κ1) is 28.1. The Labute approximate surface area is 230 Å². The van der Waals surface area contributed by atoms with Crippen molar-refractivity contribution in [2.45, 2.75) is 26.1 Å². The van der Waals surface area contributed by atoms with Crippen LogP contribution in [0.25, 0.3) is 22.3 Å². The highest BCUT2D eigenvalue weighted by molar-refractivity contribution is 6.37. The number of aromatic nitrogens is 2. The minimum absolute atomic E-state index is 0.0397. The SMILES string of the molecule is CC(C)OC(=O)COc1c(Cl)cc(C=Nn2c(-c3cccc(C(F)(F)F)c3)nc3ccccc3c2=O)cc1Cl. The van der Waals surface area contributed by atoms with E-state index >= 15 is 0 Å². The van der Waals surface area contributed by atoms with Gasteiger partial charge < -0.3 is 9.47 Å². The zero-order valence-electron chi connectivity index (χ0n) is 20.5. The van der Waals surface area contributed by atoms with Gasteiger partial charge in [-0.2, -0.15) is 22.9 Å². The van der Waals surface area contributed by atoms with E-state index in [2.05, 4.69) is 10.1 Å². The first-order valence-electron chi connectivity index (χ1n) is 11.5. The molecular formula is C27H20Cl2F3N3O4. The molecule has 4 rings (SSSR count). The molecule has 0 aliphatic carbocycles. The highest BCUT2D eigenvalue weighted by Gasteiger charge is 2.31. The van der Waals surface area contributed by atoms with Crippen LogP contribution >= 0.6 is 23.2 Å². The number of hydrogen-bond acceptors (Lipinski definition) is 6.